The molecule has 0 bridgehead atoms. The zero-order chi connectivity index (χ0) is 61.7. The Morgan fingerprint density at radius 1 is 0.412 bits per heavy atom. The number of amides is 10. The number of alkyl carbamates (subject to hydrolysis) is 2. The highest BCUT2D eigenvalue weighted by Gasteiger charge is 2.53. The summed E-state index contributed by atoms with van der Waals surface area (Å²) in [6.07, 6.45) is -1.69. The Labute approximate surface area is 488 Å². The van der Waals surface area contributed by atoms with Crippen molar-refractivity contribution in [2.24, 2.45) is 0 Å². The molecule has 0 fully saturated rings. The average Bonchev–Trinajstić information content (AvgIpc) is 1.68. The van der Waals surface area contributed by atoms with Gasteiger partial charge in [-0.3, -0.25) is 43.7 Å². The smallest absolute Gasteiger partial charge is 0.408 e. The van der Waals surface area contributed by atoms with Crippen LogP contribution in [0.2, 0.25) is 0 Å². The SMILES string of the molecule is C[C@H](NC(=O)OCc1ccccc1)C(=O)N[C@@H](C)C(=O)N[C@@H](C)C(=O)NC(=O)[C@H](C)Nc1ccc2c(c1)Oc1cc(NC(=O)[C@H](C)NC(=O)[C@H](C)NC(=O)[C@H](C)NC(=O)[C@H](C)NC(=O)OCc3ccccc3)ccc1C21OC(=O)c2ccccc21. The topological polar surface area (TPSA) is 345 Å². The minimum atomic E-state index is -1.53. The second-order valence-corrected chi connectivity index (χ2v) is 20.4. The van der Waals surface area contributed by atoms with Crippen molar-refractivity contribution in [3.05, 3.63) is 155 Å². The summed E-state index contributed by atoms with van der Waals surface area (Å²) in [6.45, 7) is 11.2. The Kier molecular flexibility index (Phi) is 20.2. The first kappa shape index (κ1) is 62.3. The molecule has 0 saturated carbocycles. The van der Waals surface area contributed by atoms with Gasteiger partial charge in [0.2, 0.25) is 47.3 Å². The van der Waals surface area contributed by atoms with Crippen molar-refractivity contribution < 1.29 is 71.7 Å². The summed E-state index contributed by atoms with van der Waals surface area (Å²) in [6, 6.07) is 25.2. The molecular weight excluding hydrogens is 1100 g/mol. The predicted molar refractivity (Wildman–Crippen MR) is 306 cm³/mol. The van der Waals surface area contributed by atoms with Crippen LogP contribution < -0.4 is 57.9 Å². The minimum Gasteiger partial charge on any atom is -0.456 e. The lowest BCUT2D eigenvalue weighted by molar-refractivity contribution is -0.135. The van der Waals surface area contributed by atoms with Gasteiger partial charge in [0.25, 0.3) is 0 Å². The summed E-state index contributed by atoms with van der Waals surface area (Å²) >= 11 is 0. The Morgan fingerprint density at radius 3 is 1.26 bits per heavy atom. The van der Waals surface area contributed by atoms with E-state index in [0.29, 0.717) is 27.9 Å². The first-order valence-electron chi connectivity index (χ1n) is 27.1. The number of carbonyl (C=O) groups is 11. The third kappa shape index (κ3) is 15.6. The van der Waals surface area contributed by atoms with E-state index in [1.807, 2.05) is 12.1 Å². The van der Waals surface area contributed by atoms with Crippen molar-refractivity contribution >= 4 is 76.8 Å². The Morgan fingerprint density at radius 2 is 0.788 bits per heavy atom. The van der Waals surface area contributed by atoms with Gasteiger partial charge in [-0.2, -0.15) is 0 Å². The molecule has 10 N–H and O–H groups in total. The molecule has 0 saturated heterocycles. The van der Waals surface area contributed by atoms with Crippen molar-refractivity contribution in [2.75, 3.05) is 10.6 Å². The fourth-order valence-electron chi connectivity index (χ4n) is 8.78. The van der Waals surface area contributed by atoms with Crippen LogP contribution in [0.15, 0.2) is 121 Å². The lowest BCUT2D eigenvalue weighted by Gasteiger charge is -2.37. The van der Waals surface area contributed by atoms with Crippen LogP contribution in [-0.4, -0.2) is 114 Å². The maximum absolute atomic E-state index is 13.6. The molecule has 25 heteroatoms. The first-order chi connectivity index (χ1) is 40.4. The van der Waals surface area contributed by atoms with Gasteiger partial charge in [0.15, 0.2) is 5.60 Å². The van der Waals surface area contributed by atoms with Crippen molar-refractivity contribution in [2.45, 2.75) is 123 Å². The van der Waals surface area contributed by atoms with Crippen LogP contribution in [0.1, 0.15) is 93.6 Å². The lowest BCUT2D eigenvalue weighted by atomic mass is 9.77. The monoisotopic (exact) mass is 1170 g/mol. The second-order valence-electron chi connectivity index (χ2n) is 20.4. The van der Waals surface area contributed by atoms with Gasteiger partial charge < -0.3 is 66.8 Å². The van der Waals surface area contributed by atoms with E-state index in [0.717, 1.165) is 11.1 Å². The van der Waals surface area contributed by atoms with E-state index in [1.54, 1.807) is 103 Å². The number of hydrogen-bond acceptors (Lipinski definition) is 16. The van der Waals surface area contributed by atoms with Crippen LogP contribution in [0.25, 0.3) is 0 Å². The van der Waals surface area contributed by atoms with Crippen molar-refractivity contribution in [1.29, 1.82) is 0 Å². The molecule has 2 aliphatic heterocycles. The molecule has 85 heavy (non-hydrogen) atoms. The van der Waals surface area contributed by atoms with E-state index in [4.69, 9.17) is 18.9 Å². The summed E-state index contributed by atoms with van der Waals surface area (Å²) in [7, 11) is 0. The number of ether oxygens (including phenoxy) is 4. The van der Waals surface area contributed by atoms with E-state index < -0.39 is 119 Å². The molecule has 446 valence electrons. The molecule has 10 amide bonds. The number of anilines is 2. The normalized spacial score (nSPS) is 16.2. The van der Waals surface area contributed by atoms with E-state index >= 15 is 0 Å². The van der Waals surface area contributed by atoms with Crippen molar-refractivity contribution in [3.8, 4) is 11.5 Å². The minimum absolute atomic E-state index is 0.0156. The summed E-state index contributed by atoms with van der Waals surface area (Å²) in [4.78, 5) is 143. The maximum atomic E-state index is 13.6. The summed E-state index contributed by atoms with van der Waals surface area (Å²) in [5, 5.41) is 25.3. The molecule has 9 atom stereocenters. The average molecular weight is 1170 g/mol. The van der Waals surface area contributed by atoms with E-state index in [-0.39, 0.29) is 30.4 Å². The van der Waals surface area contributed by atoms with Crippen LogP contribution in [0.4, 0.5) is 21.0 Å². The van der Waals surface area contributed by atoms with Crippen LogP contribution >= 0.6 is 0 Å². The number of imide groups is 1. The predicted octanol–water partition coefficient (Wildman–Crippen LogP) is 3.79. The highest BCUT2D eigenvalue weighted by molar-refractivity contribution is 6.03. The van der Waals surface area contributed by atoms with Gasteiger partial charge in [0, 0.05) is 40.2 Å². The Bertz CT molecular complexity index is 3380. The molecule has 0 aromatic heterocycles. The first-order valence-corrected chi connectivity index (χ1v) is 27.1. The highest BCUT2D eigenvalue weighted by Crippen LogP contribution is 2.56. The zero-order valence-electron chi connectivity index (χ0n) is 47.7. The molecule has 5 aromatic rings. The van der Waals surface area contributed by atoms with Crippen LogP contribution in [0.5, 0.6) is 11.5 Å². The van der Waals surface area contributed by atoms with Gasteiger partial charge >= 0.3 is 18.2 Å². The molecule has 2 heterocycles. The van der Waals surface area contributed by atoms with Crippen LogP contribution in [-0.2, 0) is 71.4 Å². The van der Waals surface area contributed by atoms with Gasteiger partial charge in [-0.25, -0.2) is 14.4 Å². The molecule has 0 radical (unpaired) electrons. The molecule has 0 aliphatic carbocycles. The van der Waals surface area contributed by atoms with Gasteiger partial charge in [-0.15, -0.1) is 0 Å². The zero-order valence-corrected chi connectivity index (χ0v) is 47.7. The molecule has 5 aromatic carbocycles. The molecule has 1 unspecified atom stereocenters. The fraction of sp³-hybridized carbons (Fsp3) is 0.317. The quantitative estimate of drug-likeness (QED) is 0.0348. The molecule has 7 rings (SSSR count). The number of rotatable bonds is 22. The van der Waals surface area contributed by atoms with Gasteiger partial charge in [0.05, 0.1) is 5.56 Å². The second kappa shape index (κ2) is 27.6. The number of benzene rings is 5. The summed E-state index contributed by atoms with van der Waals surface area (Å²) < 4.78 is 23.0. The number of carbonyl (C=O) groups excluding carboxylic acids is 11. The van der Waals surface area contributed by atoms with Crippen LogP contribution in [0.3, 0.4) is 0 Å². The van der Waals surface area contributed by atoms with Crippen LogP contribution in [0, 0.1) is 0 Å². The third-order valence-corrected chi connectivity index (χ3v) is 13.6. The summed E-state index contributed by atoms with van der Waals surface area (Å²) in [5.74, 6) is -6.12. The van der Waals surface area contributed by atoms with Gasteiger partial charge in [-0.05, 0) is 96.8 Å². The number of fused-ring (bicyclic) bond motifs is 6. The highest BCUT2D eigenvalue weighted by atomic mass is 16.6. The number of esters is 1. The molecule has 1 spiro atoms. The lowest BCUT2D eigenvalue weighted by Crippen LogP contribution is -2.55. The fourth-order valence-corrected chi connectivity index (χ4v) is 8.78. The van der Waals surface area contributed by atoms with Crippen molar-refractivity contribution in [3.63, 3.8) is 0 Å². The number of hydrogen-bond donors (Lipinski definition) is 10. The molecule has 25 nitrogen and oxygen atoms in total. The van der Waals surface area contributed by atoms with Crippen molar-refractivity contribution in [1.82, 2.24) is 42.5 Å². The summed E-state index contributed by atoms with van der Waals surface area (Å²) in [5.41, 5.74) is 2.15. The van der Waals surface area contributed by atoms with E-state index in [9.17, 15) is 52.7 Å². The van der Waals surface area contributed by atoms with E-state index in [1.165, 1.54) is 61.5 Å². The van der Waals surface area contributed by atoms with Gasteiger partial charge in [0.1, 0.15) is 73.0 Å². The third-order valence-electron chi connectivity index (χ3n) is 13.6. The molecular formula is C60H66N10O15. The standard InChI is InChI=1S/C60H66N10O15/c1-31(55(77)70-56(78)36(6)66-51(73)34(4)64-53(75)38(8)68-59(81)83-30-40-19-13-10-14-20-40)61-41-23-25-45-47(27-41)84-48-28-42(24-26-46(48)60(45)44-22-16-15-21-43(44)57(79)85-60)69-54(76)35(5)65-50(72)32(2)62-49(71)33(3)63-52(74)37(7)67-58(80)82-29-39-17-11-9-12-18-39/h9-28,31-38,61H,29-30H2,1-8H3,(H,62,71)(H,63,74)(H,64,75)(H,65,72)(H,66,73)(H,67,80)(H,68,81)(H,69,76)(H,70,77,78)/t31-,32-,33-,34-,35-,36-,37-,38-,60?/m0/s1. The van der Waals surface area contributed by atoms with Gasteiger partial charge in [-0.1, -0.05) is 78.9 Å². The Balaban J connectivity index is 0.923. The Hall–Kier alpha value is -10.3. The largest absolute Gasteiger partial charge is 0.456 e. The van der Waals surface area contributed by atoms with E-state index in [2.05, 4.69) is 53.2 Å². The molecule has 2 aliphatic rings. The number of nitrogens with one attached hydrogen (secondary N) is 10. The maximum Gasteiger partial charge on any atom is 0.408 e.